The summed E-state index contributed by atoms with van der Waals surface area (Å²) in [4.78, 5) is 26.1. The molecular formula is C19H29N3O2. The van der Waals surface area contributed by atoms with Crippen LogP contribution < -0.4 is 10.6 Å². The average Bonchev–Trinajstić information content (AvgIpc) is 3.07. The summed E-state index contributed by atoms with van der Waals surface area (Å²) in [6.45, 7) is 8.10. The molecule has 2 N–H and O–H groups in total. The van der Waals surface area contributed by atoms with Crippen LogP contribution in [0.2, 0.25) is 0 Å². The molecule has 2 rings (SSSR count). The molecule has 1 aliphatic rings. The van der Waals surface area contributed by atoms with Crippen LogP contribution in [-0.2, 0) is 9.59 Å². The zero-order chi connectivity index (χ0) is 17.4. The molecule has 5 heteroatoms. The second-order valence-electron chi connectivity index (χ2n) is 6.72. The number of benzene rings is 1. The summed E-state index contributed by atoms with van der Waals surface area (Å²) >= 11 is 0. The number of amides is 2. The van der Waals surface area contributed by atoms with Gasteiger partial charge in [0.1, 0.15) is 0 Å². The molecule has 0 bridgehead atoms. The molecule has 1 aliphatic heterocycles. The van der Waals surface area contributed by atoms with Crippen LogP contribution in [0.15, 0.2) is 24.3 Å². The minimum absolute atomic E-state index is 0.0560. The van der Waals surface area contributed by atoms with E-state index in [4.69, 9.17) is 0 Å². The van der Waals surface area contributed by atoms with Gasteiger partial charge in [-0.1, -0.05) is 26.0 Å². The van der Waals surface area contributed by atoms with Gasteiger partial charge in [0, 0.05) is 31.6 Å². The van der Waals surface area contributed by atoms with Crippen molar-refractivity contribution in [2.45, 2.75) is 45.4 Å². The van der Waals surface area contributed by atoms with Crippen LogP contribution in [-0.4, -0.2) is 42.9 Å². The molecule has 0 unspecified atom stereocenters. The van der Waals surface area contributed by atoms with E-state index in [1.165, 1.54) is 18.4 Å². The van der Waals surface area contributed by atoms with Crippen LogP contribution in [0.5, 0.6) is 0 Å². The minimum atomic E-state index is -0.123. The Hall–Kier alpha value is -1.88. The summed E-state index contributed by atoms with van der Waals surface area (Å²) in [6, 6.07) is 7.85. The van der Waals surface area contributed by atoms with Crippen molar-refractivity contribution in [2.75, 3.05) is 31.5 Å². The lowest BCUT2D eigenvalue weighted by Gasteiger charge is -2.14. The number of hydrogen-bond acceptors (Lipinski definition) is 3. The molecule has 1 fully saturated rings. The normalized spacial score (nSPS) is 14.8. The molecular weight excluding hydrogens is 302 g/mol. The first-order valence-corrected chi connectivity index (χ1v) is 8.93. The van der Waals surface area contributed by atoms with Gasteiger partial charge in [0.25, 0.3) is 0 Å². The van der Waals surface area contributed by atoms with Crippen LogP contribution >= 0.6 is 0 Å². The Bertz CT molecular complexity index is 534. The van der Waals surface area contributed by atoms with E-state index >= 15 is 0 Å². The highest BCUT2D eigenvalue weighted by molar-refractivity contribution is 5.93. The lowest BCUT2D eigenvalue weighted by molar-refractivity contribution is -0.124. The van der Waals surface area contributed by atoms with E-state index < -0.39 is 0 Å². The Morgan fingerprint density at radius 1 is 1.04 bits per heavy atom. The molecule has 0 atom stereocenters. The number of carbonyl (C=O) groups is 2. The van der Waals surface area contributed by atoms with Crippen LogP contribution in [0.4, 0.5) is 5.69 Å². The third kappa shape index (κ3) is 6.32. The molecule has 0 aliphatic carbocycles. The number of likely N-dealkylation sites (tertiary alicyclic amines) is 1. The fourth-order valence-corrected chi connectivity index (χ4v) is 2.85. The number of nitrogens with one attached hydrogen (secondary N) is 2. The zero-order valence-electron chi connectivity index (χ0n) is 14.8. The molecule has 0 saturated carbocycles. The highest BCUT2D eigenvalue weighted by Gasteiger charge is 2.12. The number of rotatable bonds is 8. The highest BCUT2D eigenvalue weighted by atomic mass is 16.2. The molecule has 1 saturated heterocycles. The van der Waals surface area contributed by atoms with Gasteiger partial charge >= 0.3 is 0 Å². The van der Waals surface area contributed by atoms with E-state index in [0.29, 0.717) is 12.5 Å². The van der Waals surface area contributed by atoms with Gasteiger partial charge in [-0.3, -0.25) is 9.59 Å². The topological polar surface area (TPSA) is 61.4 Å². The van der Waals surface area contributed by atoms with Crippen molar-refractivity contribution in [3.63, 3.8) is 0 Å². The van der Waals surface area contributed by atoms with Crippen molar-refractivity contribution in [1.82, 2.24) is 10.2 Å². The molecule has 1 aromatic carbocycles. The Morgan fingerprint density at radius 3 is 2.29 bits per heavy atom. The standard InChI is InChI=1S/C19H29N3O2/c1-15(2)16-5-7-17(8-6-16)21-19(24)10-9-18(23)20-11-14-22-12-3-4-13-22/h5-8,15H,3-4,9-14H2,1-2H3,(H,20,23)(H,21,24). The molecule has 2 amide bonds. The Labute approximate surface area is 144 Å². The second-order valence-corrected chi connectivity index (χ2v) is 6.72. The van der Waals surface area contributed by atoms with E-state index in [2.05, 4.69) is 29.4 Å². The fraction of sp³-hybridized carbons (Fsp3) is 0.579. The number of nitrogens with zero attached hydrogens (tertiary/aromatic N) is 1. The second kappa shape index (κ2) is 9.42. The first-order valence-electron chi connectivity index (χ1n) is 8.93. The van der Waals surface area contributed by atoms with E-state index in [1.807, 2.05) is 24.3 Å². The van der Waals surface area contributed by atoms with Gasteiger partial charge in [0.05, 0.1) is 0 Å². The van der Waals surface area contributed by atoms with Gasteiger partial charge in [-0.2, -0.15) is 0 Å². The summed E-state index contributed by atoms with van der Waals surface area (Å²) in [6.07, 6.45) is 2.95. The zero-order valence-corrected chi connectivity index (χ0v) is 14.8. The monoisotopic (exact) mass is 331 g/mol. The summed E-state index contributed by atoms with van der Waals surface area (Å²) in [5.41, 5.74) is 2.02. The molecule has 0 radical (unpaired) electrons. The minimum Gasteiger partial charge on any atom is -0.355 e. The van der Waals surface area contributed by atoms with Crippen molar-refractivity contribution < 1.29 is 9.59 Å². The molecule has 0 aromatic heterocycles. The van der Waals surface area contributed by atoms with Gasteiger partial charge in [-0.05, 0) is 49.5 Å². The molecule has 1 heterocycles. The van der Waals surface area contributed by atoms with Crippen LogP contribution in [0, 0.1) is 0 Å². The van der Waals surface area contributed by atoms with E-state index in [9.17, 15) is 9.59 Å². The highest BCUT2D eigenvalue weighted by Crippen LogP contribution is 2.17. The lowest BCUT2D eigenvalue weighted by atomic mass is 10.0. The van der Waals surface area contributed by atoms with Crippen molar-refractivity contribution in [1.29, 1.82) is 0 Å². The maximum atomic E-state index is 11.9. The average molecular weight is 331 g/mol. The summed E-state index contributed by atoms with van der Waals surface area (Å²) in [5.74, 6) is 0.292. The quantitative estimate of drug-likeness (QED) is 0.770. The van der Waals surface area contributed by atoms with Crippen LogP contribution in [0.3, 0.4) is 0 Å². The smallest absolute Gasteiger partial charge is 0.224 e. The van der Waals surface area contributed by atoms with E-state index in [-0.39, 0.29) is 24.7 Å². The third-order valence-corrected chi connectivity index (χ3v) is 4.39. The lowest BCUT2D eigenvalue weighted by Crippen LogP contribution is -2.33. The first-order chi connectivity index (χ1) is 11.5. The Kier molecular flexibility index (Phi) is 7.25. The van der Waals surface area contributed by atoms with Crippen molar-refractivity contribution in [2.24, 2.45) is 0 Å². The fourth-order valence-electron chi connectivity index (χ4n) is 2.85. The van der Waals surface area contributed by atoms with Crippen molar-refractivity contribution in [3.05, 3.63) is 29.8 Å². The SMILES string of the molecule is CC(C)c1ccc(NC(=O)CCC(=O)NCCN2CCCC2)cc1. The van der Waals surface area contributed by atoms with Crippen LogP contribution in [0.1, 0.15) is 51.0 Å². The summed E-state index contributed by atoms with van der Waals surface area (Å²) in [5, 5.41) is 5.73. The molecule has 132 valence electrons. The van der Waals surface area contributed by atoms with E-state index in [1.54, 1.807) is 0 Å². The van der Waals surface area contributed by atoms with Gasteiger partial charge in [-0.15, -0.1) is 0 Å². The molecule has 24 heavy (non-hydrogen) atoms. The van der Waals surface area contributed by atoms with Gasteiger partial charge in [-0.25, -0.2) is 0 Å². The maximum Gasteiger partial charge on any atom is 0.224 e. The number of anilines is 1. The first kappa shape index (κ1) is 18.5. The predicted molar refractivity (Wildman–Crippen MR) is 97.1 cm³/mol. The molecule has 5 nitrogen and oxygen atoms in total. The van der Waals surface area contributed by atoms with Gasteiger partial charge in [0.15, 0.2) is 0 Å². The largest absolute Gasteiger partial charge is 0.355 e. The predicted octanol–water partition coefficient (Wildman–Crippen LogP) is 2.74. The van der Waals surface area contributed by atoms with Crippen molar-refractivity contribution >= 4 is 17.5 Å². The maximum absolute atomic E-state index is 11.9. The Balaban J connectivity index is 1.62. The van der Waals surface area contributed by atoms with Crippen LogP contribution in [0.25, 0.3) is 0 Å². The Morgan fingerprint density at radius 2 is 1.67 bits per heavy atom. The third-order valence-electron chi connectivity index (χ3n) is 4.39. The summed E-state index contributed by atoms with van der Waals surface area (Å²) < 4.78 is 0. The number of carbonyl (C=O) groups excluding carboxylic acids is 2. The van der Waals surface area contributed by atoms with Gasteiger partial charge in [0.2, 0.25) is 11.8 Å². The van der Waals surface area contributed by atoms with Gasteiger partial charge < -0.3 is 15.5 Å². The van der Waals surface area contributed by atoms with E-state index in [0.717, 1.165) is 25.3 Å². The van der Waals surface area contributed by atoms with Crippen molar-refractivity contribution in [3.8, 4) is 0 Å². The number of hydrogen-bond donors (Lipinski definition) is 2. The summed E-state index contributed by atoms with van der Waals surface area (Å²) in [7, 11) is 0. The molecule has 0 spiro atoms. The molecule has 1 aromatic rings.